The predicted octanol–water partition coefficient (Wildman–Crippen LogP) is 2.23. The van der Waals surface area contributed by atoms with Crippen molar-refractivity contribution in [3.63, 3.8) is 0 Å². The second-order valence-corrected chi connectivity index (χ2v) is 6.07. The maximum Gasteiger partial charge on any atom is 0.350 e. The van der Waals surface area contributed by atoms with Gasteiger partial charge in [0.05, 0.1) is 6.61 Å². The van der Waals surface area contributed by atoms with Crippen LogP contribution >= 0.6 is 0 Å². The fourth-order valence-electron chi connectivity index (χ4n) is 2.19. The van der Waals surface area contributed by atoms with Gasteiger partial charge in [0, 0.05) is 12.0 Å². The highest BCUT2D eigenvalue weighted by Crippen LogP contribution is 2.29. The Labute approximate surface area is 142 Å². The molecule has 1 aliphatic rings. The number of aliphatic carboxylic acids is 1. The van der Waals surface area contributed by atoms with E-state index in [-0.39, 0.29) is 44.0 Å². The number of unbranched alkanes of at least 4 members (excludes halogenated alkanes) is 1. The van der Waals surface area contributed by atoms with Crippen molar-refractivity contribution in [1.82, 2.24) is 0 Å². The molecule has 2 atom stereocenters. The van der Waals surface area contributed by atoms with Crippen molar-refractivity contribution >= 4 is 17.9 Å². The lowest BCUT2D eigenvalue weighted by atomic mass is 9.90. The molecule has 2 unspecified atom stereocenters. The second kappa shape index (κ2) is 9.42. The molecule has 7 nitrogen and oxygen atoms in total. The third-order valence-electron chi connectivity index (χ3n) is 3.72. The van der Waals surface area contributed by atoms with Gasteiger partial charge in [0.1, 0.15) is 12.7 Å². The molecule has 1 heterocycles. The number of epoxide rings is 1. The molecule has 0 saturated carbocycles. The van der Waals surface area contributed by atoms with Gasteiger partial charge < -0.3 is 19.3 Å². The smallest absolute Gasteiger partial charge is 0.350 e. The molecular weight excluding hydrogens is 316 g/mol. The number of carbonyl (C=O) groups excluding carboxylic acids is 2. The van der Waals surface area contributed by atoms with Gasteiger partial charge in [-0.15, -0.1) is 0 Å². The summed E-state index contributed by atoms with van der Waals surface area (Å²) < 4.78 is 15.7. The maximum atomic E-state index is 12.6. The van der Waals surface area contributed by atoms with Gasteiger partial charge in [-0.05, 0) is 32.6 Å². The molecule has 24 heavy (non-hydrogen) atoms. The van der Waals surface area contributed by atoms with E-state index in [0.717, 1.165) is 6.42 Å². The molecule has 0 spiro atoms. The Hall–Kier alpha value is -1.89. The van der Waals surface area contributed by atoms with Crippen LogP contribution in [-0.2, 0) is 28.6 Å². The minimum Gasteiger partial charge on any atom is -0.481 e. The lowest BCUT2D eigenvalue weighted by Crippen LogP contribution is -2.45. The standard InChI is InChI=1S/C17H26O7/c1-4-5-8-17(9-6-7-14(18)19,24-15(20)12(2)3)16(21)23-11-13-10-22-13/h13H,2,4-11H2,1,3H3,(H,18,19). The zero-order valence-corrected chi connectivity index (χ0v) is 14.3. The van der Waals surface area contributed by atoms with Crippen LogP contribution in [0.4, 0.5) is 0 Å². The van der Waals surface area contributed by atoms with E-state index in [9.17, 15) is 14.4 Å². The fraction of sp³-hybridized carbons (Fsp3) is 0.706. The molecule has 1 saturated heterocycles. The molecule has 1 fully saturated rings. The zero-order chi connectivity index (χ0) is 18.2. The minimum atomic E-state index is -1.48. The zero-order valence-electron chi connectivity index (χ0n) is 14.3. The van der Waals surface area contributed by atoms with E-state index in [0.29, 0.717) is 13.0 Å². The third kappa shape index (κ3) is 6.70. The topological polar surface area (TPSA) is 102 Å². The average molecular weight is 342 g/mol. The van der Waals surface area contributed by atoms with Crippen LogP contribution in [0.15, 0.2) is 12.2 Å². The van der Waals surface area contributed by atoms with Crippen molar-refractivity contribution in [3.05, 3.63) is 12.2 Å². The van der Waals surface area contributed by atoms with Crippen LogP contribution in [0.3, 0.4) is 0 Å². The van der Waals surface area contributed by atoms with Crippen LogP contribution in [0.1, 0.15) is 52.4 Å². The Morgan fingerprint density at radius 2 is 1.92 bits per heavy atom. The van der Waals surface area contributed by atoms with Gasteiger partial charge in [-0.1, -0.05) is 19.9 Å². The van der Waals surface area contributed by atoms with Crippen LogP contribution in [0, 0.1) is 0 Å². The van der Waals surface area contributed by atoms with E-state index < -0.39 is 23.5 Å². The summed E-state index contributed by atoms with van der Waals surface area (Å²) in [6.07, 6.45) is 1.81. The first-order valence-electron chi connectivity index (χ1n) is 8.20. The normalized spacial score (nSPS) is 18.3. The molecular formula is C17H26O7. The number of esters is 2. The van der Waals surface area contributed by atoms with Crippen molar-refractivity contribution < 1.29 is 33.7 Å². The van der Waals surface area contributed by atoms with Gasteiger partial charge >= 0.3 is 17.9 Å². The summed E-state index contributed by atoms with van der Waals surface area (Å²) in [6, 6.07) is 0. The molecule has 136 valence electrons. The minimum absolute atomic E-state index is 0.0999. The van der Waals surface area contributed by atoms with Gasteiger partial charge in [-0.25, -0.2) is 9.59 Å². The summed E-state index contributed by atoms with van der Waals surface area (Å²) in [5.41, 5.74) is -1.30. The van der Waals surface area contributed by atoms with Gasteiger partial charge in [0.15, 0.2) is 0 Å². The van der Waals surface area contributed by atoms with E-state index in [4.69, 9.17) is 19.3 Å². The number of carbonyl (C=O) groups is 3. The highest BCUT2D eigenvalue weighted by Gasteiger charge is 2.44. The van der Waals surface area contributed by atoms with Crippen molar-refractivity contribution in [2.45, 2.75) is 64.1 Å². The molecule has 1 aliphatic heterocycles. The maximum absolute atomic E-state index is 12.6. The summed E-state index contributed by atoms with van der Waals surface area (Å²) in [5, 5.41) is 8.82. The molecule has 0 amide bonds. The number of rotatable bonds is 12. The predicted molar refractivity (Wildman–Crippen MR) is 85.3 cm³/mol. The molecule has 0 aromatic carbocycles. The van der Waals surface area contributed by atoms with Gasteiger partial charge in [-0.3, -0.25) is 4.79 Å². The highest BCUT2D eigenvalue weighted by atomic mass is 16.6. The Morgan fingerprint density at radius 3 is 2.42 bits per heavy atom. The average Bonchev–Trinajstić information content (AvgIpc) is 3.33. The molecule has 0 bridgehead atoms. The third-order valence-corrected chi connectivity index (χ3v) is 3.72. The first-order chi connectivity index (χ1) is 11.3. The number of hydrogen-bond donors (Lipinski definition) is 1. The van der Waals surface area contributed by atoms with E-state index in [1.54, 1.807) is 0 Å². The van der Waals surface area contributed by atoms with E-state index >= 15 is 0 Å². The lowest BCUT2D eigenvalue weighted by Gasteiger charge is -2.31. The first-order valence-corrected chi connectivity index (χ1v) is 8.20. The van der Waals surface area contributed by atoms with E-state index in [1.165, 1.54) is 6.92 Å². The lowest BCUT2D eigenvalue weighted by molar-refractivity contribution is -0.183. The Morgan fingerprint density at radius 1 is 1.29 bits per heavy atom. The van der Waals surface area contributed by atoms with Crippen molar-refractivity contribution in [1.29, 1.82) is 0 Å². The van der Waals surface area contributed by atoms with Crippen LogP contribution < -0.4 is 0 Å². The molecule has 0 aliphatic carbocycles. The molecule has 0 aromatic rings. The SMILES string of the molecule is C=C(C)C(=O)OC(CCCC)(CCCC(=O)O)C(=O)OCC1CO1. The Balaban J connectivity index is 2.88. The van der Waals surface area contributed by atoms with Crippen LogP contribution in [0.2, 0.25) is 0 Å². The molecule has 0 radical (unpaired) electrons. The summed E-state index contributed by atoms with van der Waals surface area (Å²) in [4.78, 5) is 35.4. The van der Waals surface area contributed by atoms with E-state index in [1.807, 2.05) is 6.92 Å². The quantitative estimate of drug-likeness (QED) is 0.329. The summed E-state index contributed by atoms with van der Waals surface area (Å²) in [7, 11) is 0. The first kappa shape index (κ1) is 20.2. The van der Waals surface area contributed by atoms with Crippen molar-refractivity contribution in [3.8, 4) is 0 Å². The summed E-state index contributed by atoms with van der Waals surface area (Å²) in [5.74, 6) is -2.29. The molecule has 7 heteroatoms. The fourth-order valence-corrected chi connectivity index (χ4v) is 2.19. The van der Waals surface area contributed by atoms with Crippen LogP contribution in [0.25, 0.3) is 0 Å². The van der Waals surface area contributed by atoms with Gasteiger partial charge in [0.25, 0.3) is 0 Å². The monoisotopic (exact) mass is 342 g/mol. The highest BCUT2D eigenvalue weighted by molar-refractivity contribution is 5.91. The number of carboxylic acid groups (broad SMARTS) is 1. The number of carboxylic acids is 1. The van der Waals surface area contributed by atoms with Crippen molar-refractivity contribution in [2.24, 2.45) is 0 Å². The van der Waals surface area contributed by atoms with E-state index in [2.05, 4.69) is 6.58 Å². The summed E-state index contributed by atoms with van der Waals surface area (Å²) >= 11 is 0. The Kier molecular flexibility index (Phi) is 7.91. The Bertz CT molecular complexity index is 481. The largest absolute Gasteiger partial charge is 0.481 e. The molecule has 0 aromatic heterocycles. The number of hydrogen-bond acceptors (Lipinski definition) is 6. The van der Waals surface area contributed by atoms with Gasteiger partial charge in [-0.2, -0.15) is 0 Å². The van der Waals surface area contributed by atoms with Crippen molar-refractivity contribution in [2.75, 3.05) is 13.2 Å². The second-order valence-electron chi connectivity index (χ2n) is 6.07. The summed E-state index contributed by atoms with van der Waals surface area (Å²) in [6.45, 7) is 7.62. The van der Waals surface area contributed by atoms with Crippen LogP contribution in [0.5, 0.6) is 0 Å². The molecule has 1 rings (SSSR count). The van der Waals surface area contributed by atoms with Crippen LogP contribution in [-0.4, -0.2) is 47.9 Å². The molecule has 1 N–H and O–H groups in total. The number of ether oxygens (including phenoxy) is 3. The van der Waals surface area contributed by atoms with Gasteiger partial charge in [0.2, 0.25) is 5.60 Å².